The molecule has 0 fully saturated rings. The van der Waals surface area contributed by atoms with Crippen molar-refractivity contribution < 1.29 is 10.2 Å². The Balaban J connectivity index is 3.80. The number of aliphatic hydroxyl groups excluding tert-OH is 1. The fourth-order valence-electron chi connectivity index (χ4n) is 1.41. The summed E-state index contributed by atoms with van der Waals surface area (Å²) in [6.45, 7) is 5.92. The van der Waals surface area contributed by atoms with Gasteiger partial charge >= 0.3 is 0 Å². The lowest BCUT2D eigenvalue weighted by molar-refractivity contribution is -0.0717. The Hall–Kier alpha value is -0.0800. The van der Waals surface area contributed by atoms with Gasteiger partial charge in [0.15, 0.2) is 0 Å². The van der Waals surface area contributed by atoms with E-state index in [4.69, 9.17) is 0 Å². The summed E-state index contributed by atoms with van der Waals surface area (Å²) in [6.07, 6.45) is 4.97. The van der Waals surface area contributed by atoms with Crippen LogP contribution >= 0.6 is 0 Å². The SMILES string of the molecule is CCCCC(O)C(C)(O)CCCC. The summed E-state index contributed by atoms with van der Waals surface area (Å²) in [5.41, 5.74) is -0.884. The Labute approximate surface area is 82.0 Å². The van der Waals surface area contributed by atoms with E-state index < -0.39 is 11.7 Å². The van der Waals surface area contributed by atoms with Crippen molar-refractivity contribution in [3.63, 3.8) is 0 Å². The van der Waals surface area contributed by atoms with E-state index in [0.717, 1.165) is 25.7 Å². The van der Waals surface area contributed by atoms with Crippen molar-refractivity contribution >= 4 is 0 Å². The lowest BCUT2D eigenvalue weighted by Gasteiger charge is -2.29. The van der Waals surface area contributed by atoms with Crippen LogP contribution in [0.4, 0.5) is 0 Å². The molecule has 0 radical (unpaired) electrons. The smallest absolute Gasteiger partial charge is 0.0877 e. The third kappa shape index (κ3) is 5.27. The van der Waals surface area contributed by atoms with Gasteiger partial charge < -0.3 is 10.2 Å². The minimum absolute atomic E-state index is 0.556. The molecular formula is C11H24O2. The summed E-state index contributed by atoms with van der Waals surface area (Å²) >= 11 is 0. The Kier molecular flexibility index (Phi) is 6.35. The molecule has 0 heterocycles. The van der Waals surface area contributed by atoms with Gasteiger partial charge in [0.05, 0.1) is 11.7 Å². The zero-order valence-corrected chi connectivity index (χ0v) is 9.21. The van der Waals surface area contributed by atoms with Crippen LogP contribution in [0.25, 0.3) is 0 Å². The van der Waals surface area contributed by atoms with E-state index in [1.54, 1.807) is 6.92 Å². The molecule has 0 aromatic heterocycles. The van der Waals surface area contributed by atoms with Crippen molar-refractivity contribution in [2.75, 3.05) is 0 Å². The first-order valence-corrected chi connectivity index (χ1v) is 5.45. The molecule has 2 unspecified atom stereocenters. The monoisotopic (exact) mass is 188 g/mol. The van der Waals surface area contributed by atoms with E-state index in [9.17, 15) is 10.2 Å². The molecule has 0 amide bonds. The highest BCUT2D eigenvalue weighted by Gasteiger charge is 2.28. The molecule has 2 heteroatoms. The predicted molar refractivity (Wildman–Crippen MR) is 55.7 cm³/mol. The van der Waals surface area contributed by atoms with Crippen LogP contribution < -0.4 is 0 Å². The standard InChI is InChI=1S/C11H24O2/c1-4-6-8-10(12)11(3,13)9-7-5-2/h10,12-13H,4-9H2,1-3H3. The van der Waals surface area contributed by atoms with Gasteiger partial charge in [-0.1, -0.05) is 39.5 Å². The van der Waals surface area contributed by atoms with Crippen LogP contribution in [0.15, 0.2) is 0 Å². The van der Waals surface area contributed by atoms with Crippen molar-refractivity contribution in [3.8, 4) is 0 Å². The van der Waals surface area contributed by atoms with Gasteiger partial charge in [-0.15, -0.1) is 0 Å². The largest absolute Gasteiger partial charge is 0.390 e. The zero-order valence-electron chi connectivity index (χ0n) is 9.21. The first-order chi connectivity index (χ1) is 6.04. The molecule has 2 nitrogen and oxygen atoms in total. The third-order valence-electron chi connectivity index (χ3n) is 2.59. The first-order valence-electron chi connectivity index (χ1n) is 5.45. The van der Waals surface area contributed by atoms with E-state index in [2.05, 4.69) is 13.8 Å². The molecule has 0 aliphatic carbocycles. The van der Waals surface area contributed by atoms with Gasteiger partial charge in [-0.3, -0.25) is 0 Å². The minimum atomic E-state index is -0.884. The Bertz CT molecular complexity index is 121. The molecule has 0 spiro atoms. The van der Waals surface area contributed by atoms with Crippen molar-refractivity contribution in [2.45, 2.75) is 71.0 Å². The van der Waals surface area contributed by atoms with Gasteiger partial charge in [-0.25, -0.2) is 0 Å². The highest BCUT2D eigenvalue weighted by Crippen LogP contribution is 2.21. The molecule has 0 saturated carbocycles. The number of rotatable bonds is 7. The predicted octanol–water partition coefficient (Wildman–Crippen LogP) is 2.48. The van der Waals surface area contributed by atoms with Crippen LogP contribution in [0.5, 0.6) is 0 Å². The maximum absolute atomic E-state index is 9.89. The molecule has 13 heavy (non-hydrogen) atoms. The third-order valence-corrected chi connectivity index (χ3v) is 2.59. The van der Waals surface area contributed by atoms with Crippen LogP contribution in [0.3, 0.4) is 0 Å². The van der Waals surface area contributed by atoms with Gasteiger partial charge in [0.1, 0.15) is 0 Å². The molecule has 80 valence electrons. The van der Waals surface area contributed by atoms with E-state index >= 15 is 0 Å². The van der Waals surface area contributed by atoms with Gasteiger partial charge in [0, 0.05) is 0 Å². The van der Waals surface area contributed by atoms with Crippen LogP contribution in [-0.4, -0.2) is 21.9 Å². The fourth-order valence-corrected chi connectivity index (χ4v) is 1.41. The van der Waals surface area contributed by atoms with Crippen molar-refractivity contribution in [1.29, 1.82) is 0 Å². The molecule has 2 atom stereocenters. The Morgan fingerprint density at radius 3 is 2.15 bits per heavy atom. The van der Waals surface area contributed by atoms with Gasteiger partial charge in [0.2, 0.25) is 0 Å². The van der Waals surface area contributed by atoms with E-state index in [-0.39, 0.29) is 0 Å². The molecule has 0 bridgehead atoms. The summed E-state index contributed by atoms with van der Waals surface area (Å²) in [5.74, 6) is 0. The maximum Gasteiger partial charge on any atom is 0.0877 e. The van der Waals surface area contributed by atoms with Gasteiger partial charge in [0.25, 0.3) is 0 Å². The topological polar surface area (TPSA) is 40.5 Å². The van der Waals surface area contributed by atoms with Crippen LogP contribution in [0.1, 0.15) is 59.3 Å². The first kappa shape index (κ1) is 12.9. The number of unbranched alkanes of at least 4 members (excludes halogenated alkanes) is 2. The Morgan fingerprint density at radius 2 is 1.69 bits per heavy atom. The summed E-state index contributed by atoms with van der Waals surface area (Å²) in [5, 5.41) is 19.6. The summed E-state index contributed by atoms with van der Waals surface area (Å²) in [7, 11) is 0. The highest BCUT2D eigenvalue weighted by atomic mass is 16.3. The van der Waals surface area contributed by atoms with Crippen molar-refractivity contribution in [3.05, 3.63) is 0 Å². The highest BCUT2D eigenvalue weighted by molar-refractivity contribution is 4.81. The molecule has 0 aliphatic heterocycles. The molecule has 0 rings (SSSR count). The number of aliphatic hydroxyl groups is 2. The molecule has 0 saturated heterocycles. The average molecular weight is 188 g/mol. The summed E-state index contributed by atoms with van der Waals surface area (Å²) in [4.78, 5) is 0. The second-order valence-electron chi connectivity index (χ2n) is 4.12. The Morgan fingerprint density at radius 1 is 1.15 bits per heavy atom. The average Bonchev–Trinajstić information content (AvgIpc) is 2.10. The second kappa shape index (κ2) is 6.39. The zero-order chi connectivity index (χ0) is 10.3. The summed E-state index contributed by atoms with van der Waals surface area (Å²) in [6, 6.07) is 0. The second-order valence-corrected chi connectivity index (χ2v) is 4.12. The quantitative estimate of drug-likeness (QED) is 0.644. The van der Waals surface area contributed by atoms with Gasteiger partial charge in [-0.05, 0) is 19.8 Å². The lowest BCUT2D eigenvalue weighted by atomic mass is 9.90. The number of hydrogen-bond donors (Lipinski definition) is 2. The normalized spacial score (nSPS) is 18.2. The van der Waals surface area contributed by atoms with E-state index in [1.807, 2.05) is 0 Å². The van der Waals surface area contributed by atoms with Crippen LogP contribution in [0.2, 0.25) is 0 Å². The van der Waals surface area contributed by atoms with Crippen LogP contribution in [0, 0.1) is 0 Å². The van der Waals surface area contributed by atoms with Crippen molar-refractivity contribution in [2.24, 2.45) is 0 Å². The summed E-state index contributed by atoms with van der Waals surface area (Å²) < 4.78 is 0. The van der Waals surface area contributed by atoms with Crippen LogP contribution in [-0.2, 0) is 0 Å². The molecule has 0 aromatic rings. The van der Waals surface area contributed by atoms with E-state index in [1.165, 1.54) is 0 Å². The van der Waals surface area contributed by atoms with Crippen molar-refractivity contribution in [1.82, 2.24) is 0 Å². The molecule has 2 N–H and O–H groups in total. The lowest BCUT2D eigenvalue weighted by Crippen LogP contribution is -2.39. The van der Waals surface area contributed by atoms with Gasteiger partial charge in [-0.2, -0.15) is 0 Å². The molecule has 0 aromatic carbocycles. The molecular weight excluding hydrogens is 164 g/mol. The molecule has 0 aliphatic rings. The maximum atomic E-state index is 9.89. The number of hydrogen-bond acceptors (Lipinski definition) is 2. The van der Waals surface area contributed by atoms with E-state index in [0.29, 0.717) is 12.8 Å². The fraction of sp³-hybridized carbons (Fsp3) is 1.00. The minimum Gasteiger partial charge on any atom is -0.390 e.